The molecule has 0 aliphatic carbocycles. The van der Waals surface area contributed by atoms with E-state index in [1.165, 1.54) is 0 Å². The number of carbonyl (C=O) groups excluding carboxylic acids is 2. The van der Waals surface area contributed by atoms with Crippen molar-refractivity contribution in [1.29, 1.82) is 0 Å². The molecule has 0 bridgehead atoms. The van der Waals surface area contributed by atoms with Gasteiger partial charge < -0.3 is 14.9 Å². The third kappa shape index (κ3) is 4.08. The smallest absolute Gasteiger partial charge is 0.308 e. The summed E-state index contributed by atoms with van der Waals surface area (Å²) in [4.78, 5) is 25.0. The summed E-state index contributed by atoms with van der Waals surface area (Å²) in [6, 6.07) is 1.06. The fourth-order valence-electron chi connectivity index (χ4n) is 1.45. The number of hydrogen-bond acceptors (Lipinski definition) is 6. The lowest BCUT2D eigenvalue weighted by Crippen LogP contribution is -2.23. The molecule has 0 aliphatic heterocycles. The number of nitrogens with zero attached hydrogens (tertiary/aromatic N) is 1. The zero-order chi connectivity index (χ0) is 14.4. The highest BCUT2D eigenvalue weighted by Crippen LogP contribution is 2.20. The number of aldehydes is 1. The van der Waals surface area contributed by atoms with Crippen LogP contribution < -0.4 is 0 Å². The first-order chi connectivity index (χ1) is 8.99. The van der Waals surface area contributed by atoms with Crippen LogP contribution in [0.2, 0.25) is 0 Å². The molecule has 2 N–H and O–H groups in total. The number of ether oxygens (including phenoxy) is 1. The first-order valence-electron chi connectivity index (χ1n) is 5.62. The van der Waals surface area contributed by atoms with Crippen LogP contribution in [0.15, 0.2) is 12.3 Å². The van der Waals surface area contributed by atoms with Gasteiger partial charge in [0.2, 0.25) is 5.95 Å². The first-order valence-corrected chi connectivity index (χ1v) is 5.62. The van der Waals surface area contributed by atoms with Crippen molar-refractivity contribution in [2.45, 2.75) is 25.6 Å². The molecule has 0 spiro atoms. The van der Waals surface area contributed by atoms with Gasteiger partial charge in [0, 0.05) is 11.8 Å². The molecule has 0 amide bonds. The fourth-order valence-corrected chi connectivity index (χ4v) is 1.45. The monoisotopic (exact) mass is 271 g/mol. The molecule has 6 nitrogen and oxygen atoms in total. The second-order valence-corrected chi connectivity index (χ2v) is 3.79. The van der Waals surface area contributed by atoms with Crippen LogP contribution in [0.3, 0.4) is 0 Å². The van der Waals surface area contributed by atoms with Gasteiger partial charge in [-0.15, -0.1) is 0 Å². The van der Waals surface area contributed by atoms with Gasteiger partial charge in [-0.1, -0.05) is 0 Å². The number of hydrogen-bond donors (Lipinski definition) is 2. The second-order valence-electron chi connectivity index (χ2n) is 3.79. The number of aromatic nitrogens is 1. The van der Waals surface area contributed by atoms with Gasteiger partial charge >= 0.3 is 5.97 Å². The third-order valence-corrected chi connectivity index (χ3v) is 2.40. The van der Waals surface area contributed by atoms with Crippen LogP contribution in [0.5, 0.6) is 0 Å². The van der Waals surface area contributed by atoms with Crippen molar-refractivity contribution < 1.29 is 28.9 Å². The third-order valence-electron chi connectivity index (χ3n) is 2.40. The number of rotatable bonds is 6. The average molecular weight is 271 g/mol. The summed E-state index contributed by atoms with van der Waals surface area (Å²) in [7, 11) is 0. The fraction of sp³-hybridized carbons (Fsp3) is 0.417. The maximum atomic E-state index is 13.0. The molecule has 2 atom stereocenters. The summed E-state index contributed by atoms with van der Waals surface area (Å²) in [6.45, 7) is 1.77. The summed E-state index contributed by atoms with van der Waals surface area (Å²) in [6.07, 6.45) is -2.07. The Kier molecular flexibility index (Phi) is 5.53. The summed E-state index contributed by atoms with van der Waals surface area (Å²) in [5.41, 5.74) is -0.291. The van der Waals surface area contributed by atoms with E-state index in [9.17, 15) is 24.2 Å². The van der Waals surface area contributed by atoms with Crippen molar-refractivity contribution in [1.82, 2.24) is 4.98 Å². The zero-order valence-electron chi connectivity index (χ0n) is 10.2. The van der Waals surface area contributed by atoms with Gasteiger partial charge in [-0.3, -0.25) is 9.59 Å². The lowest BCUT2D eigenvalue weighted by molar-refractivity contribution is -0.147. The first kappa shape index (κ1) is 15.2. The normalized spacial score (nSPS) is 13.7. The highest BCUT2D eigenvalue weighted by Gasteiger charge is 2.23. The van der Waals surface area contributed by atoms with E-state index in [2.05, 4.69) is 9.72 Å². The maximum absolute atomic E-state index is 13.0. The molecule has 2 unspecified atom stereocenters. The van der Waals surface area contributed by atoms with Crippen molar-refractivity contribution in [3.05, 3.63) is 29.3 Å². The minimum absolute atomic E-state index is 0.0419. The molecular weight excluding hydrogens is 257 g/mol. The SMILES string of the molecule is CCOC(=O)CC(O)C(O)c1cnc(F)c(C=O)c1. The van der Waals surface area contributed by atoms with Crippen molar-refractivity contribution in [3.63, 3.8) is 0 Å². The molecule has 0 saturated carbocycles. The van der Waals surface area contributed by atoms with Gasteiger partial charge in [0.25, 0.3) is 0 Å². The van der Waals surface area contributed by atoms with Gasteiger partial charge in [-0.2, -0.15) is 4.39 Å². The highest BCUT2D eigenvalue weighted by atomic mass is 19.1. The predicted molar refractivity (Wildman–Crippen MR) is 61.8 cm³/mol. The molecule has 1 aromatic rings. The molecule has 19 heavy (non-hydrogen) atoms. The molecule has 104 valence electrons. The van der Waals surface area contributed by atoms with E-state index in [-0.39, 0.29) is 24.0 Å². The largest absolute Gasteiger partial charge is 0.466 e. The summed E-state index contributed by atoms with van der Waals surface area (Å²) in [5.74, 6) is -1.63. The van der Waals surface area contributed by atoms with Crippen molar-refractivity contribution >= 4 is 12.3 Å². The van der Waals surface area contributed by atoms with E-state index >= 15 is 0 Å². The quantitative estimate of drug-likeness (QED) is 0.441. The molecule has 1 aromatic heterocycles. The minimum Gasteiger partial charge on any atom is -0.466 e. The van der Waals surface area contributed by atoms with E-state index in [4.69, 9.17) is 0 Å². The lowest BCUT2D eigenvalue weighted by atomic mass is 10.0. The van der Waals surface area contributed by atoms with E-state index in [1.54, 1.807) is 6.92 Å². The maximum Gasteiger partial charge on any atom is 0.308 e. The molecule has 0 aliphatic rings. The Bertz CT molecular complexity index is 465. The molecule has 0 radical (unpaired) electrons. The Balaban J connectivity index is 2.79. The van der Waals surface area contributed by atoms with Crippen LogP contribution in [0.1, 0.15) is 35.4 Å². The Morgan fingerprint density at radius 3 is 2.84 bits per heavy atom. The van der Waals surface area contributed by atoms with E-state index in [0.29, 0.717) is 0 Å². The Hall–Kier alpha value is -1.86. The van der Waals surface area contributed by atoms with Crippen LogP contribution in [0, 0.1) is 5.95 Å². The number of halogens is 1. The number of carbonyl (C=O) groups is 2. The summed E-state index contributed by atoms with van der Waals surface area (Å²) < 4.78 is 17.6. The van der Waals surface area contributed by atoms with Gasteiger partial charge in [-0.25, -0.2) is 4.98 Å². The van der Waals surface area contributed by atoms with Gasteiger partial charge in [0.1, 0.15) is 6.10 Å². The Morgan fingerprint density at radius 2 is 2.26 bits per heavy atom. The molecule has 0 saturated heterocycles. The number of pyridine rings is 1. The standard InChI is InChI=1S/C12H14FNO5/c1-2-19-10(17)4-9(16)11(18)7-3-8(6-15)12(13)14-5-7/h3,5-6,9,11,16,18H,2,4H2,1H3. The molecular formula is C12H14FNO5. The summed E-state index contributed by atoms with van der Waals surface area (Å²) >= 11 is 0. The van der Waals surface area contributed by atoms with E-state index in [1.807, 2.05) is 0 Å². The second kappa shape index (κ2) is 6.91. The number of aliphatic hydroxyl groups is 2. The van der Waals surface area contributed by atoms with Gasteiger partial charge in [0.05, 0.1) is 24.7 Å². The number of aliphatic hydroxyl groups excluding tert-OH is 2. The van der Waals surface area contributed by atoms with Crippen molar-refractivity contribution in [2.75, 3.05) is 6.61 Å². The molecule has 0 fully saturated rings. The minimum atomic E-state index is -1.46. The number of esters is 1. The highest BCUT2D eigenvalue weighted by molar-refractivity contribution is 5.74. The van der Waals surface area contributed by atoms with Crippen LogP contribution in [-0.4, -0.2) is 40.2 Å². The summed E-state index contributed by atoms with van der Waals surface area (Å²) in [5, 5.41) is 19.4. The Labute approximate surface area is 108 Å². The molecule has 1 rings (SSSR count). The van der Waals surface area contributed by atoms with Gasteiger partial charge in [-0.05, 0) is 13.0 Å². The average Bonchev–Trinajstić information content (AvgIpc) is 2.38. The Morgan fingerprint density at radius 1 is 1.58 bits per heavy atom. The van der Waals surface area contributed by atoms with Crippen LogP contribution in [0.4, 0.5) is 4.39 Å². The zero-order valence-corrected chi connectivity index (χ0v) is 10.2. The van der Waals surface area contributed by atoms with E-state index < -0.39 is 30.5 Å². The van der Waals surface area contributed by atoms with Gasteiger partial charge in [0.15, 0.2) is 6.29 Å². The van der Waals surface area contributed by atoms with Crippen molar-refractivity contribution in [3.8, 4) is 0 Å². The van der Waals surface area contributed by atoms with Crippen LogP contribution in [-0.2, 0) is 9.53 Å². The topological polar surface area (TPSA) is 96.7 Å². The van der Waals surface area contributed by atoms with Crippen LogP contribution >= 0.6 is 0 Å². The van der Waals surface area contributed by atoms with E-state index in [0.717, 1.165) is 12.3 Å². The lowest BCUT2D eigenvalue weighted by Gasteiger charge is -2.17. The van der Waals surface area contributed by atoms with Crippen molar-refractivity contribution in [2.24, 2.45) is 0 Å². The van der Waals surface area contributed by atoms with Crippen LogP contribution in [0.25, 0.3) is 0 Å². The molecule has 0 aromatic carbocycles. The predicted octanol–water partition coefficient (Wildman–Crippen LogP) is 0.381. The molecule has 1 heterocycles. The molecule has 7 heteroatoms.